The molecule has 0 aliphatic rings. The fourth-order valence-electron chi connectivity index (χ4n) is 1.75. The van der Waals surface area contributed by atoms with Crippen molar-refractivity contribution in [1.29, 1.82) is 0 Å². The van der Waals surface area contributed by atoms with Crippen LogP contribution in [0.25, 0.3) is 0 Å². The Kier molecular flexibility index (Phi) is 4.33. The van der Waals surface area contributed by atoms with Crippen LogP contribution in [0.2, 0.25) is 0 Å². The summed E-state index contributed by atoms with van der Waals surface area (Å²) in [5, 5.41) is 13.4. The van der Waals surface area contributed by atoms with Gasteiger partial charge in [0.1, 0.15) is 0 Å². The molecule has 6 heteroatoms. The van der Waals surface area contributed by atoms with Gasteiger partial charge in [-0.2, -0.15) is 0 Å². The largest absolute Gasteiger partial charge is 0.322 e. The summed E-state index contributed by atoms with van der Waals surface area (Å²) in [6.07, 6.45) is 0. The number of halogens is 1. The van der Waals surface area contributed by atoms with Crippen LogP contribution < -0.4 is 5.32 Å². The van der Waals surface area contributed by atoms with E-state index in [0.29, 0.717) is 16.8 Å². The molecule has 2 aromatic carbocycles. The van der Waals surface area contributed by atoms with Crippen LogP contribution in [0.5, 0.6) is 0 Å². The van der Waals surface area contributed by atoms with Crippen molar-refractivity contribution in [3.63, 3.8) is 0 Å². The highest BCUT2D eigenvalue weighted by atomic mass is 127. The maximum atomic E-state index is 12.1. The number of rotatable bonds is 3. The quantitative estimate of drug-likeness (QED) is 0.499. The Morgan fingerprint density at radius 2 is 1.85 bits per heavy atom. The highest BCUT2D eigenvalue weighted by Gasteiger charge is 2.13. The SMILES string of the molecule is Cc1cc([N+](=O)[O-])ccc1C(=O)Nc1ccc(I)cc1. The Balaban J connectivity index is 2.21. The number of anilines is 1. The molecule has 0 bridgehead atoms. The van der Waals surface area contributed by atoms with Crippen molar-refractivity contribution in [3.05, 3.63) is 67.3 Å². The molecular formula is C14H11IN2O3. The summed E-state index contributed by atoms with van der Waals surface area (Å²) in [6.45, 7) is 1.68. The summed E-state index contributed by atoms with van der Waals surface area (Å²) in [5.41, 5.74) is 1.66. The van der Waals surface area contributed by atoms with Crippen molar-refractivity contribution in [2.24, 2.45) is 0 Å². The van der Waals surface area contributed by atoms with Gasteiger partial charge in [-0.1, -0.05) is 0 Å². The third-order valence-electron chi connectivity index (χ3n) is 2.77. The fraction of sp³-hybridized carbons (Fsp3) is 0.0714. The first-order chi connectivity index (χ1) is 9.47. The van der Waals surface area contributed by atoms with Gasteiger partial charge >= 0.3 is 0 Å². The number of hydrogen-bond acceptors (Lipinski definition) is 3. The molecule has 0 radical (unpaired) electrons. The summed E-state index contributed by atoms with van der Waals surface area (Å²) >= 11 is 2.18. The van der Waals surface area contributed by atoms with Gasteiger partial charge in [0.25, 0.3) is 11.6 Å². The predicted molar refractivity (Wildman–Crippen MR) is 84.9 cm³/mol. The summed E-state index contributed by atoms with van der Waals surface area (Å²) in [6, 6.07) is 11.6. The molecule has 2 rings (SSSR count). The number of benzene rings is 2. The topological polar surface area (TPSA) is 72.2 Å². The maximum absolute atomic E-state index is 12.1. The molecule has 2 aromatic rings. The van der Waals surface area contributed by atoms with Crippen LogP contribution in [0, 0.1) is 20.6 Å². The number of amides is 1. The highest BCUT2D eigenvalue weighted by molar-refractivity contribution is 14.1. The molecule has 1 amide bonds. The minimum atomic E-state index is -0.478. The van der Waals surface area contributed by atoms with E-state index in [0.717, 1.165) is 3.57 Å². The molecule has 0 atom stereocenters. The summed E-state index contributed by atoms with van der Waals surface area (Å²) in [7, 11) is 0. The third-order valence-corrected chi connectivity index (χ3v) is 3.49. The Morgan fingerprint density at radius 3 is 2.40 bits per heavy atom. The van der Waals surface area contributed by atoms with Gasteiger partial charge in [-0.05, 0) is 65.4 Å². The Morgan fingerprint density at radius 1 is 1.20 bits per heavy atom. The lowest BCUT2D eigenvalue weighted by atomic mass is 10.1. The minimum absolute atomic E-state index is 0.0201. The van der Waals surface area contributed by atoms with Gasteiger partial charge in [0, 0.05) is 27.0 Å². The molecule has 0 saturated heterocycles. The molecule has 0 aromatic heterocycles. The number of carbonyl (C=O) groups is 1. The zero-order chi connectivity index (χ0) is 14.7. The van der Waals surface area contributed by atoms with Crippen molar-refractivity contribution in [3.8, 4) is 0 Å². The van der Waals surface area contributed by atoms with E-state index in [2.05, 4.69) is 27.9 Å². The zero-order valence-electron chi connectivity index (χ0n) is 10.6. The average Bonchev–Trinajstić information content (AvgIpc) is 2.41. The lowest BCUT2D eigenvalue weighted by Crippen LogP contribution is -2.13. The first-order valence-electron chi connectivity index (χ1n) is 5.79. The number of nitro benzene ring substituents is 1. The molecular weight excluding hydrogens is 371 g/mol. The second-order valence-electron chi connectivity index (χ2n) is 4.22. The molecule has 0 unspecified atom stereocenters. The minimum Gasteiger partial charge on any atom is -0.322 e. The molecule has 0 heterocycles. The number of hydrogen-bond donors (Lipinski definition) is 1. The van der Waals surface area contributed by atoms with E-state index in [9.17, 15) is 14.9 Å². The lowest BCUT2D eigenvalue weighted by molar-refractivity contribution is -0.384. The van der Waals surface area contributed by atoms with Gasteiger partial charge in [0.05, 0.1) is 4.92 Å². The number of non-ortho nitro benzene ring substituents is 1. The van der Waals surface area contributed by atoms with E-state index in [1.807, 2.05) is 12.1 Å². The van der Waals surface area contributed by atoms with Gasteiger partial charge in [-0.15, -0.1) is 0 Å². The van der Waals surface area contributed by atoms with Crippen LogP contribution in [-0.2, 0) is 0 Å². The van der Waals surface area contributed by atoms with Crippen LogP contribution >= 0.6 is 22.6 Å². The Bertz CT molecular complexity index is 669. The monoisotopic (exact) mass is 382 g/mol. The maximum Gasteiger partial charge on any atom is 0.269 e. The second kappa shape index (κ2) is 6.00. The molecule has 1 N–H and O–H groups in total. The first-order valence-corrected chi connectivity index (χ1v) is 6.87. The van der Waals surface area contributed by atoms with E-state index in [1.54, 1.807) is 19.1 Å². The number of nitro groups is 1. The van der Waals surface area contributed by atoms with Crippen LogP contribution in [0.1, 0.15) is 15.9 Å². The molecule has 0 fully saturated rings. The summed E-state index contributed by atoms with van der Waals surface area (Å²) in [4.78, 5) is 22.3. The highest BCUT2D eigenvalue weighted by Crippen LogP contribution is 2.19. The number of nitrogens with zero attached hydrogens (tertiary/aromatic N) is 1. The van der Waals surface area contributed by atoms with Crippen LogP contribution in [0.3, 0.4) is 0 Å². The second-order valence-corrected chi connectivity index (χ2v) is 5.46. The van der Waals surface area contributed by atoms with Crippen molar-refractivity contribution < 1.29 is 9.72 Å². The van der Waals surface area contributed by atoms with Crippen LogP contribution in [-0.4, -0.2) is 10.8 Å². The van der Waals surface area contributed by atoms with Gasteiger partial charge < -0.3 is 5.32 Å². The van der Waals surface area contributed by atoms with Crippen molar-refractivity contribution >= 4 is 39.9 Å². The molecule has 0 aliphatic carbocycles. The van der Waals surface area contributed by atoms with Crippen LogP contribution in [0.15, 0.2) is 42.5 Å². The van der Waals surface area contributed by atoms with Crippen molar-refractivity contribution in [1.82, 2.24) is 0 Å². The van der Waals surface area contributed by atoms with Crippen molar-refractivity contribution in [2.75, 3.05) is 5.32 Å². The smallest absolute Gasteiger partial charge is 0.269 e. The number of aryl methyl sites for hydroxylation is 1. The van der Waals surface area contributed by atoms with E-state index < -0.39 is 4.92 Å². The predicted octanol–water partition coefficient (Wildman–Crippen LogP) is 3.76. The van der Waals surface area contributed by atoms with E-state index in [4.69, 9.17) is 0 Å². The van der Waals surface area contributed by atoms with E-state index in [1.165, 1.54) is 18.2 Å². The average molecular weight is 382 g/mol. The molecule has 0 spiro atoms. The van der Waals surface area contributed by atoms with E-state index >= 15 is 0 Å². The molecule has 102 valence electrons. The first kappa shape index (κ1) is 14.4. The fourth-order valence-corrected chi connectivity index (χ4v) is 2.11. The van der Waals surface area contributed by atoms with Crippen molar-refractivity contribution in [2.45, 2.75) is 6.92 Å². The Hall–Kier alpha value is -1.96. The van der Waals surface area contributed by atoms with Gasteiger partial charge in [0.2, 0.25) is 0 Å². The molecule has 5 nitrogen and oxygen atoms in total. The summed E-state index contributed by atoms with van der Waals surface area (Å²) in [5.74, 6) is -0.279. The number of carbonyl (C=O) groups excluding carboxylic acids is 1. The number of nitrogens with one attached hydrogen (secondary N) is 1. The zero-order valence-corrected chi connectivity index (χ0v) is 12.7. The van der Waals surface area contributed by atoms with Crippen LogP contribution in [0.4, 0.5) is 11.4 Å². The molecule has 0 saturated carbocycles. The normalized spacial score (nSPS) is 10.1. The van der Waals surface area contributed by atoms with Gasteiger partial charge in [-0.3, -0.25) is 14.9 Å². The summed E-state index contributed by atoms with van der Waals surface area (Å²) < 4.78 is 1.08. The van der Waals surface area contributed by atoms with Gasteiger partial charge in [0.15, 0.2) is 0 Å². The van der Waals surface area contributed by atoms with E-state index in [-0.39, 0.29) is 11.6 Å². The molecule has 0 aliphatic heterocycles. The Labute approximate surface area is 129 Å². The molecule has 20 heavy (non-hydrogen) atoms. The standard InChI is InChI=1S/C14H11IN2O3/c1-9-8-12(17(19)20)6-7-13(9)14(18)16-11-4-2-10(15)3-5-11/h2-8H,1H3,(H,16,18). The third kappa shape index (κ3) is 3.32. The lowest BCUT2D eigenvalue weighted by Gasteiger charge is -2.07. The van der Waals surface area contributed by atoms with Gasteiger partial charge in [-0.25, -0.2) is 0 Å².